The molecule has 0 saturated heterocycles. The van der Waals surface area contributed by atoms with Crippen molar-refractivity contribution in [1.29, 1.82) is 0 Å². The molecule has 1 aliphatic heterocycles. The fraction of sp³-hybridized carbons (Fsp3) is 0.154. The summed E-state index contributed by atoms with van der Waals surface area (Å²) < 4.78 is 37.0. The van der Waals surface area contributed by atoms with E-state index in [1.54, 1.807) is 24.3 Å². The van der Waals surface area contributed by atoms with E-state index in [1.165, 1.54) is 0 Å². The molecule has 1 aromatic carbocycles. The van der Waals surface area contributed by atoms with Crippen molar-refractivity contribution in [2.75, 3.05) is 6.61 Å². The fourth-order valence-corrected chi connectivity index (χ4v) is 3.22. The number of carbonyl (C=O) groups is 1. The number of carboxylic acid groups (broad SMARTS) is 1. The van der Waals surface area contributed by atoms with Gasteiger partial charge in [-0.25, -0.2) is 13.2 Å². The summed E-state index contributed by atoms with van der Waals surface area (Å²) in [6, 6.07) is 8.75. The zero-order valence-corrected chi connectivity index (χ0v) is 11.5. The van der Waals surface area contributed by atoms with E-state index >= 15 is 0 Å². The van der Waals surface area contributed by atoms with Crippen LogP contribution in [0, 0.1) is 0 Å². The molecule has 2 aromatic rings. The van der Waals surface area contributed by atoms with Crippen LogP contribution in [-0.4, -0.2) is 26.1 Å². The van der Waals surface area contributed by atoms with Crippen LogP contribution in [0.5, 0.6) is 5.75 Å². The van der Waals surface area contributed by atoms with Crippen LogP contribution in [0.1, 0.15) is 22.2 Å². The lowest BCUT2D eigenvalue weighted by Gasteiger charge is -2.10. The first-order valence-corrected chi connectivity index (χ1v) is 7.53. The van der Waals surface area contributed by atoms with Gasteiger partial charge in [0.2, 0.25) is 10.9 Å². The van der Waals surface area contributed by atoms with Crippen LogP contribution in [-0.2, 0) is 10.0 Å². The molecule has 2 N–H and O–H groups in total. The summed E-state index contributed by atoms with van der Waals surface area (Å²) in [5.41, 5.74) is 0.728. The number of benzene rings is 1. The molecule has 1 aliphatic rings. The topological polar surface area (TPSA) is 106 Å². The minimum atomic E-state index is -3.96. The average Bonchev–Trinajstić information content (AvgIpc) is 3.06. The van der Waals surface area contributed by atoms with Gasteiger partial charge >= 0.3 is 5.97 Å². The molecule has 3 rings (SSSR count). The van der Waals surface area contributed by atoms with E-state index in [9.17, 15) is 13.2 Å². The molecular formula is C13H11NO6S. The van der Waals surface area contributed by atoms with Crippen molar-refractivity contribution in [3.63, 3.8) is 0 Å². The predicted molar refractivity (Wildman–Crippen MR) is 70.7 cm³/mol. The van der Waals surface area contributed by atoms with Crippen LogP contribution in [0.15, 0.2) is 45.9 Å². The number of furan rings is 1. The molecular weight excluding hydrogens is 298 g/mol. The van der Waals surface area contributed by atoms with Crippen molar-refractivity contribution in [1.82, 2.24) is 4.72 Å². The smallest absolute Gasteiger partial charge is 0.371 e. The number of aromatic carboxylic acids is 1. The SMILES string of the molecule is O=C(O)c1ccc(S(=O)(=O)NC2COc3ccccc32)o1. The molecule has 0 bridgehead atoms. The molecule has 8 heteroatoms. The Balaban J connectivity index is 1.85. The van der Waals surface area contributed by atoms with E-state index in [0.29, 0.717) is 5.75 Å². The minimum Gasteiger partial charge on any atom is -0.491 e. The van der Waals surface area contributed by atoms with Crippen LogP contribution in [0.3, 0.4) is 0 Å². The second-order valence-electron chi connectivity index (χ2n) is 4.45. The quantitative estimate of drug-likeness (QED) is 0.884. The van der Waals surface area contributed by atoms with Gasteiger partial charge in [0.1, 0.15) is 12.4 Å². The van der Waals surface area contributed by atoms with E-state index < -0.39 is 32.9 Å². The molecule has 7 nitrogen and oxygen atoms in total. The van der Waals surface area contributed by atoms with Gasteiger partial charge in [-0.2, -0.15) is 4.72 Å². The molecule has 1 unspecified atom stereocenters. The van der Waals surface area contributed by atoms with Crippen molar-refractivity contribution in [3.8, 4) is 5.75 Å². The molecule has 0 radical (unpaired) electrons. The number of hydrogen-bond acceptors (Lipinski definition) is 5. The number of rotatable bonds is 4. The standard InChI is InChI=1S/C13H11NO6S/c15-13(16)11-5-6-12(20-11)21(17,18)14-9-7-19-10-4-2-1-3-8(9)10/h1-6,9,14H,7H2,(H,15,16). The Kier molecular flexibility index (Phi) is 3.19. The Hall–Kier alpha value is -2.32. The number of hydrogen-bond donors (Lipinski definition) is 2. The number of para-hydroxylation sites is 1. The second kappa shape index (κ2) is 4.90. The van der Waals surface area contributed by atoms with Crippen LogP contribution in [0.25, 0.3) is 0 Å². The van der Waals surface area contributed by atoms with Gasteiger partial charge in [-0.15, -0.1) is 0 Å². The molecule has 0 fully saturated rings. The molecule has 1 aromatic heterocycles. The van der Waals surface area contributed by atoms with Crippen molar-refractivity contribution < 1.29 is 27.5 Å². The van der Waals surface area contributed by atoms with Crippen LogP contribution < -0.4 is 9.46 Å². The van der Waals surface area contributed by atoms with Gasteiger partial charge in [0.15, 0.2) is 0 Å². The Labute approximate surface area is 120 Å². The first kappa shape index (κ1) is 13.7. The average molecular weight is 309 g/mol. The molecule has 0 amide bonds. The van der Waals surface area contributed by atoms with Gasteiger partial charge in [0, 0.05) is 5.56 Å². The Bertz CT molecular complexity index is 794. The van der Waals surface area contributed by atoms with E-state index in [4.69, 9.17) is 14.3 Å². The number of nitrogens with one attached hydrogen (secondary N) is 1. The van der Waals surface area contributed by atoms with Crippen LogP contribution in [0.4, 0.5) is 0 Å². The maximum absolute atomic E-state index is 12.2. The highest BCUT2D eigenvalue weighted by atomic mass is 32.2. The van der Waals surface area contributed by atoms with E-state index in [0.717, 1.165) is 17.7 Å². The van der Waals surface area contributed by atoms with Gasteiger partial charge in [-0.05, 0) is 18.2 Å². The first-order valence-electron chi connectivity index (χ1n) is 6.04. The lowest BCUT2D eigenvalue weighted by atomic mass is 10.1. The van der Waals surface area contributed by atoms with Crippen LogP contribution in [0.2, 0.25) is 0 Å². The lowest BCUT2D eigenvalue weighted by Crippen LogP contribution is -2.29. The van der Waals surface area contributed by atoms with Gasteiger partial charge in [0.05, 0.1) is 6.04 Å². The number of fused-ring (bicyclic) bond motifs is 1. The normalized spacial score (nSPS) is 17.2. The minimum absolute atomic E-state index is 0.172. The first-order chi connectivity index (χ1) is 9.97. The van der Waals surface area contributed by atoms with Gasteiger partial charge in [-0.1, -0.05) is 18.2 Å². The van der Waals surface area contributed by atoms with Crippen molar-refractivity contribution >= 4 is 16.0 Å². The third-order valence-corrected chi connectivity index (χ3v) is 4.40. The Morgan fingerprint density at radius 1 is 1.24 bits per heavy atom. The molecule has 21 heavy (non-hydrogen) atoms. The maximum Gasteiger partial charge on any atom is 0.371 e. The number of ether oxygens (including phenoxy) is 1. The van der Waals surface area contributed by atoms with Gasteiger partial charge < -0.3 is 14.3 Å². The summed E-state index contributed by atoms with van der Waals surface area (Å²) in [4.78, 5) is 10.7. The van der Waals surface area contributed by atoms with Crippen molar-refractivity contribution in [2.45, 2.75) is 11.1 Å². The summed E-state index contributed by atoms with van der Waals surface area (Å²) in [6.07, 6.45) is 0. The second-order valence-corrected chi connectivity index (χ2v) is 6.09. The summed E-state index contributed by atoms with van der Waals surface area (Å²) in [6.45, 7) is 0.172. The molecule has 0 saturated carbocycles. The molecule has 110 valence electrons. The lowest BCUT2D eigenvalue weighted by molar-refractivity contribution is 0.0656. The van der Waals surface area contributed by atoms with Crippen molar-refractivity contribution in [3.05, 3.63) is 47.7 Å². The summed E-state index contributed by atoms with van der Waals surface area (Å²) in [5, 5.41) is 8.31. The van der Waals surface area contributed by atoms with E-state index in [-0.39, 0.29) is 6.61 Å². The third-order valence-electron chi connectivity index (χ3n) is 3.05. The van der Waals surface area contributed by atoms with E-state index in [2.05, 4.69) is 4.72 Å². The number of sulfonamides is 1. The molecule has 1 atom stereocenters. The molecule has 0 aliphatic carbocycles. The molecule has 2 heterocycles. The molecule has 0 spiro atoms. The van der Waals surface area contributed by atoms with Crippen molar-refractivity contribution in [2.24, 2.45) is 0 Å². The highest BCUT2D eigenvalue weighted by molar-refractivity contribution is 7.89. The predicted octanol–water partition coefficient (Wildman–Crippen LogP) is 1.39. The van der Waals surface area contributed by atoms with E-state index in [1.807, 2.05) is 0 Å². The summed E-state index contributed by atoms with van der Waals surface area (Å²) >= 11 is 0. The fourth-order valence-electron chi connectivity index (χ4n) is 2.09. The van der Waals surface area contributed by atoms with Gasteiger partial charge in [-0.3, -0.25) is 0 Å². The largest absolute Gasteiger partial charge is 0.491 e. The third kappa shape index (κ3) is 2.50. The summed E-state index contributed by atoms with van der Waals surface area (Å²) in [7, 11) is -3.96. The zero-order chi connectivity index (χ0) is 15.0. The number of carboxylic acids is 1. The highest BCUT2D eigenvalue weighted by Crippen LogP contribution is 2.32. The maximum atomic E-state index is 12.2. The van der Waals surface area contributed by atoms with Gasteiger partial charge in [0.25, 0.3) is 10.0 Å². The monoisotopic (exact) mass is 309 g/mol. The Morgan fingerprint density at radius 3 is 2.71 bits per heavy atom. The summed E-state index contributed by atoms with van der Waals surface area (Å²) in [5.74, 6) is -1.14. The highest BCUT2D eigenvalue weighted by Gasteiger charge is 2.30. The zero-order valence-electron chi connectivity index (χ0n) is 10.6. The van der Waals surface area contributed by atoms with Crippen LogP contribution >= 0.6 is 0 Å². The Morgan fingerprint density at radius 2 is 2.00 bits per heavy atom.